The number of aliphatic carboxylic acids is 1. The number of carbonyl (C=O) groups excluding carboxylic acids is 3. The van der Waals surface area contributed by atoms with E-state index in [1.165, 1.54) is 0 Å². The monoisotopic (exact) mass is 558 g/mol. The molecule has 3 aromatic carbocycles. The number of fused-ring (bicyclic) bond motifs is 3. The Balaban J connectivity index is 1.47. The topological polar surface area (TPSA) is 122 Å². The van der Waals surface area contributed by atoms with Gasteiger partial charge in [-0.05, 0) is 41.2 Å². The van der Waals surface area contributed by atoms with Gasteiger partial charge < -0.3 is 24.8 Å². The van der Waals surface area contributed by atoms with Crippen molar-refractivity contribution in [2.75, 3.05) is 13.2 Å². The Labute approximate surface area is 239 Å². The molecule has 214 valence electrons. The first kappa shape index (κ1) is 29.3. The van der Waals surface area contributed by atoms with Gasteiger partial charge in [-0.2, -0.15) is 0 Å². The molecule has 1 aliphatic carbocycles. The summed E-state index contributed by atoms with van der Waals surface area (Å²) < 4.78 is 10.9. The molecule has 4 rings (SSSR count). The smallest absolute Gasteiger partial charge is 0.407 e. The van der Waals surface area contributed by atoms with E-state index in [0.717, 1.165) is 32.7 Å². The zero-order chi connectivity index (χ0) is 29.4. The van der Waals surface area contributed by atoms with Gasteiger partial charge in [0.05, 0.1) is 6.42 Å². The molecule has 0 saturated carbocycles. The van der Waals surface area contributed by atoms with Gasteiger partial charge in [-0.3, -0.25) is 14.4 Å². The minimum Gasteiger partial charge on any atom is -0.480 e. The lowest BCUT2D eigenvalue weighted by Crippen LogP contribution is -2.53. The highest BCUT2D eigenvalue weighted by atomic mass is 16.5. The van der Waals surface area contributed by atoms with Gasteiger partial charge in [0, 0.05) is 12.0 Å². The number of rotatable bonds is 12. The number of alkyl carbamates (subject to hydrolysis) is 1. The van der Waals surface area contributed by atoms with E-state index in [0.29, 0.717) is 6.42 Å². The summed E-state index contributed by atoms with van der Waals surface area (Å²) in [5.41, 5.74) is 4.97. The quantitative estimate of drug-likeness (QED) is 0.308. The standard InChI is InChI=1S/C32H34N2O7/c1-3-21(2)34(18-29(35)36)31(38)28(17-30(37)40-19-22-11-5-4-6-12-22)33-32(39)41-20-27-25-15-9-7-13-23(25)24-14-8-10-16-26(24)27/h4-16,21,27-28H,3,17-20H2,1-2H3,(H,33,39)(H,35,36)/t21?,28-/m0/s1. The van der Waals surface area contributed by atoms with E-state index in [-0.39, 0.29) is 19.1 Å². The number of nitrogens with zero attached hydrogens (tertiary/aromatic N) is 1. The highest BCUT2D eigenvalue weighted by Gasteiger charge is 2.34. The van der Waals surface area contributed by atoms with Crippen molar-refractivity contribution in [2.24, 2.45) is 0 Å². The zero-order valence-corrected chi connectivity index (χ0v) is 23.1. The Morgan fingerprint density at radius 3 is 2.05 bits per heavy atom. The first-order chi connectivity index (χ1) is 19.8. The van der Waals surface area contributed by atoms with Crippen LogP contribution >= 0.6 is 0 Å². The third-order valence-corrected chi connectivity index (χ3v) is 7.26. The third-order valence-electron chi connectivity index (χ3n) is 7.26. The molecule has 9 heteroatoms. The van der Waals surface area contributed by atoms with Crippen LogP contribution in [0, 0.1) is 0 Å². The van der Waals surface area contributed by atoms with Crippen LogP contribution in [0.1, 0.15) is 49.3 Å². The van der Waals surface area contributed by atoms with Crippen LogP contribution in [-0.4, -0.2) is 59.2 Å². The molecule has 9 nitrogen and oxygen atoms in total. The third kappa shape index (κ3) is 7.30. The normalized spacial score (nSPS) is 13.3. The fraction of sp³-hybridized carbons (Fsp3) is 0.312. The Morgan fingerprint density at radius 2 is 1.46 bits per heavy atom. The van der Waals surface area contributed by atoms with Crippen LogP contribution in [-0.2, 0) is 30.5 Å². The summed E-state index contributed by atoms with van der Waals surface area (Å²) in [6, 6.07) is 23.0. The second kappa shape index (κ2) is 13.6. The number of ether oxygens (including phenoxy) is 2. The number of hydrogen-bond acceptors (Lipinski definition) is 6. The van der Waals surface area contributed by atoms with Crippen LogP contribution in [0.4, 0.5) is 4.79 Å². The molecule has 0 aliphatic heterocycles. The molecule has 0 bridgehead atoms. The lowest BCUT2D eigenvalue weighted by atomic mass is 9.98. The van der Waals surface area contributed by atoms with Gasteiger partial charge in [0.1, 0.15) is 25.8 Å². The number of benzene rings is 3. The molecule has 2 amide bonds. The highest BCUT2D eigenvalue weighted by Crippen LogP contribution is 2.44. The molecule has 0 heterocycles. The van der Waals surface area contributed by atoms with Gasteiger partial charge >= 0.3 is 18.0 Å². The van der Waals surface area contributed by atoms with Crippen molar-refractivity contribution in [1.82, 2.24) is 10.2 Å². The number of esters is 1. The Kier molecular flexibility index (Phi) is 9.73. The van der Waals surface area contributed by atoms with E-state index in [2.05, 4.69) is 5.32 Å². The maximum Gasteiger partial charge on any atom is 0.407 e. The summed E-state index contributed by atoms with van der Waals surface area (Å²) in [5.74, 6) is -2.82. The molecule has 0 saturated heterocycles. The molecular weight excluding hydrogens is 524 g/mol. The number of carboxylic acids is 1. The molecule has 1 unspecified atom stereocenters. The molecule has 2 N–H and O–H groups in total. The molecule has 1 aliphatic rings. The second-order valence-corrected chi connectivity index (χ2v) is 9.99. The maximum absolute atomic E-state index is 13.5. The molecule has 41 heavy (non-hydrogen) atoms. The van der Waals surface area contributed by atoms with Crippen LogP contribution in [0.15, 0.2) is 78.9 Å². The van der Waals surface area contributed by atoms with Crippen LogP contribution in [0.2, 0.25) is 0 Å². The summed E-state index contributed by atoms with van der Waals surface area (Å²) in [7, 11) is 0. The van der Waals surface area contributed by atoms with Crippen molar-refractivity contribution in [1.29, 1.82) is 0 Å². The summed E-state index contributed by atoms with van der Waals surface area (Å²) in [6.45, 7) is 2.96. The maximum atomic E-state index is 13.5. The van der Waals surface area contributed by atoms with Crippen molar-refractivity contribution >= 4 is 23.9 Å². The molecule has 2 atom stereocenters. The molecule has 3 aromatic rings. The van der Waals surface area contributed by atoms with Crippen molar-refractivity contribution in [2.45, 2.75) is 51.3 Å². The molecule has 0 fully saturated rings. The second-order valence-electron chi connectivity index (χ2n) is 9.99. The lowest BCUT2D eigenvalue weighted by molar-refractivity contribution is -0.151. The zero-order valence-electron chi connectivity index (χ0n) is 23.1. The minimum atomic E-state index is -1.37. The van der Waals surface area contributed by atoms with E-state index in [1.54, 1.807) is 19.1 Å². The van der Waals surface area contributed by atoms with Gasteiger partial charge in [0.15, 0.2) is 0 Å². The van der Waals surface area contributed by atoms with Gasteiger partial charge in [-0.25, -0.2) is 4.79 Å². The van der Waals surface area contributed by atoms with E-state index in [1.807, 2.05) is 73.7 Å². The van der Waals surface area contributed by atoms with E-state index in [9.17, 15) is 24.3 Å². The Morgan fingerprint density at radius 1 is 0.878 bits per heavy atom. The fourth-order valence-corrected chi connectivity index (χ4v) is 4.96. The van der Waals surface area contributed by atoms with Gasteiger partial charge in [0.2, 0.25) is 5.91 Å². The van der Waals surface area contributed by atoms with Crippen LogP contribution < -0.4 is 5.32 Å². The summed E-state index contributed by atoms with van der Waals surface area (Å²) >= 11 is 0. The largest absolute Gasteiger partial charge is 0.480 e. The first-order valence-corrected chi connectivity index (χ1v) is 13.6. The fourth-order valence-electron chi connectivity index (χ4n) is 4.96. The number of amides is 2. The summed E-state index contributed by atoms with van der Waals surface area (Å²) in [6.07, 6.45) is -0.891. The van der Waals surface area contributed by atoms with E-state index >= 15 is 0 Å². The molecular formula is C32H34N2O7. The van der Waals surface area contributed by atoms with Crippen LogP contribution in [0.5, 0.6) is 0 Å². The predicted molar refractivity (Wildman–Crippen MR) is 152 cm³/mol. The summed E-state index contributed by atoms with van der Waals surface area (Å²) in [4.78, 5) is 51.9. The van der Waals surface area contributed by atoms with Crippen molar-refractivity contribution in [3.63, 3.8) is 0 Å². The lowest BCUT2D eigenvalue weighted by Gasteiger charge is -2.30. The Bertz CT molecular complexity index is 1350. The Hall–Kier alpha value is -4.66. The van der Waals surface area contributed by atoms with E-state index < -0.39 is 49.0 Å². The summed E-state index contributed by atoms with van der Waals surface area (Å²) in [5, 5.41) is 11.9. The minimum absolute atomic E-state index is 0.00423. The van der Waals surface area contributed by atoms with Crippen molar-refractivity contribution in [3.8, 4) is 11.1 Å². The van der Waals surface area contributed by atoms with Gasteiger partial charge in [0.25, 0.3) is 0 Å². The first-order valence-electron chi connectivity index (χ1n) is 13.6. The number of nitrogens with one attached hydrogen (secondary N) is 1. The average Bonchev–Trinajstić information content (AvgIpc) is 3.30. The molecule has 0 radical (unpaired) electrons. The number of carboxylic acid groups (broad SMARTS) is 1. The predicted octanol–water partition coefficient (Wildman–Crippen LogP) is 4.74. The molecule has 0 aromatic heterocycles. The van der Waals surface area contributed by atoms with E-state index in [4.69, 9.17) is 9.47 Å². The number of hydrogen-bond donors (Lipinski definition) is 2. The average molecular weight is 559 g/mol. The van der Waals surface area contributed by atoms with Crippen LogP contribution in [0.3, 0.4) is 0 Å². The molecule has 0 spiro atoms. The van der Waals surface area contributed by atoms with Crippen LogP contribution in [0.25, 0.3) is 11.1 Å². The van der Waals surface area contributed by atoms with Gasteiger partial charge in [-0.1, -0.05) is 85.8 Å². The SMILES string of the molecule is CCC(C)N(CC(=O)O)C(=O)[C@H](CC(=O)OCc1ccccc1)NC(=O)OCC1c2ccccc2-c2ccccc21. The van der Waals surface area contributed by atoms with Crippen molar-refractivity contribution < 1.29 is 33.8 Å². The van der Waals surface area contributed by atoms with Crippen molar-refractivity contribution in [3.05, 3.63) is 95.6 Å². The van der Waals surface area contributed by atoms with Gasteiger partial charge in [-0.15, -0.1) is 0 Å². The number of carbonyl (C=O) groups is 4. The highest BCUT2D eigenvalue weighted by molar-refractivity contribution is 5.91.